The molecule has 0 N–H and O–H groups in total. The minimum Gasteiger partial charge on any atom is -0.338 e. The highest BCUT2D eigenvalue weighted by Crippen LogP contribution is 2.21. The zero-order valence-corrected chi connectivity index (χ0v) is 15.3. The number of carbonyl (C=O) groups excluding carboxylic acids is 1. The van der Waals surface area contributed by atoms with Crippen molar-refractivity contribution < 1.29 is 9.18 Å². The van der Waals surface area contributed by atoms with E-state index in [-0.39, 0.29) is 18.3 Å². The van der Waals surface area contributed by atoms with Crippen molar-refractivity contribution >= 4 is 17.5 Å². The Morgan fingerprint density at radius 1 is 1.33 bits per heavy atom. The van der Waals surface area contributed by atoms with Gasteiger partial charge in [-0.2, -0.15) is 5.10 Å². The molecule has 24 heavy (non-hydrogen) atoms. The van der Waals surface area contributed by atoms with Crippen LogP contribution in [-0.2, 0) is 24.8 Å². The minimum atomic E-state index is -0.382. The monoisotopic (exact) mass is 351 g/mol. The average molecular weight is 352 g/mol. The van der Waals surface area contributed by atoms with Gasteiger partial charge in [0.15, 0.2) is 0 Å². The predicted octanol–water partition coefficient (Wildman–Crippen LogP) is 3.81. The van der Waals surface area contributed by atoms with Crippen LogP contribution in [0, 0.1) is 19.7 Å². The molecule has 1 aromatic carbocycles. The van der Waals surface area contributed by atoms with E-state index < -0.39 is 0 Å². The topological polar surface area (TPSA) is 38.1 Å². The largest absolute Gasteiger partial charge is 0.338 e. The molecule has 0 bridgehead atoms. The zero-order chi connectivity index (χ0) is 17.9. The van der Waals surface area contributed by atoms with Crippen molar-refractivity contribution in [1.82, 2.24) is 14.7 Å². The fraction of sp³-hybridized carbons (Fsp3) is 0.444. The van der Waals surface area contributed by atoms with E-state index in [9.17, 15) is 9.18 Å². The fourth-order valence-electron chi connectivity index (χ4n) is 2.82. The number of rotatable bonds is 6. The summed E-state index contributed by atoms with van der Waals surface area (Å²) in [6.07, 6.45) is 0.999. The fourth-order valence-corrected chi connectivity index (χ4v) is 3.04. The van der Waals surface area contributed by atoms with Crippen LogP contribution in [-0.4, -0.2) is 27.1 Å². The molecule has 0 aliphatic heterocycles. The molecule has 0 aliphatic carbocycles. The number of nitrogens with zero attached hydrogens (tertiary/aromatic N) is 3. The van der Waals surface area contributed by atoms with E-state index in [2.05, 4.69) is 5.10 Å². The summed E-state index contributed by atoms with van der Waals surface area (Å²) in [6.45, 7) is 6.52. The van der Waals surface area contributed by atoms with Crippen LogP contribution in [0.1, 0.15) is 35.9 Å². The molecule has 130 valence electrons. The van der Waals surface area contributed by atoms with Crippen LogP contribution in [0.25, 0.3) is 0 Å². The zero-order valence-electron chi connectivity index (χ0n) is 14.6. The maximum atomic E-state index is 13.9. The second kappa shape index (κ2) is 7.79. The van der Waals surface area contributed by atoms with Crippen molar-refractivity contribution in [3.8, 4) is 0 Å². The Bertz CT molecular complexity index is 722. The molecule has 0 saturated carbocycles. The lowest BCUT2D eigenvalue weighted by Gasteiger charge is -2.22. The van der Waals surface area contributed by atoms with Crippen LogP contribution in [0.15, 0.2) is 18.2 Å². The molecule has 1 aromatic heterocycles. The van der Waals surface area contributed by atoms with Crippen molar-refractivity contribution in [3.63, 3.8) is 0 Å². The van der Waals surface area contributed by atoms with Gasteiger partial charge in [0.1, 0.15) is 5.82 Å². The Kier molecular flexibility index (Phi) is 5.99. The maximum absolute atomic E-state index is 13.9. The van der Waals surface area contributed by atoms with Gasteiger partial charge in [0.2, 0.25) is 5.91 Å². The van der Waals surface area contributed by atoms with Gasteiger partial charge in [-0.3, -0.25) is 9.48 Å². The van der Waals surface area contributed by atoms with E-state index in [1.54, 1.807) is 17.0 Å². The molecule has 0 unspecified atom stereocenters. The van der Waals surface area contributed by atoms with Crippen molar-refractivity contribution in [2.24, 2.45) is 7.05 Å². The number of amides is 1. The van der Waals surface area contributed by atoms with Crippen LogP contribution >= 0.6 is 11.6 Å². The molecule has 1 amide bonds. The summed E-state index contributed by atoms with van der Waals surface area (Å²) in [5.41, 5.74) is 3.48. The number of carbonyl (C=O) groups is 1. The molecule has 0 spiro atoms. The van der Waals surface area contributed by atoms with Crippen LogP contribution in [0.4, 0.5) is 4.39 Å². The molecule has 0 aliphatic rings. The molecule has 2 aromatic rings. The molecule has 6 heteroatoms. The van der Waals surface area contributed by atoms with Gasteiger partial charge in [0, 0.05) is 42.8 Å². The highest BCUT2D eigenvalue weighted by molar-refractivity contribution is 6.31. The Morgan fingerprint density at radius 3 is 2.58 bits per heavy atom. The van der Waals surface area contributed by atoms with E-state index in [0.29, 0.717) is 30.0 Å². The molecule has 0 fully saturated rings. The number of hydrogen-bond acceptors (Lipinski definition) is 2. The van der Waals surface area contributed by atoms with E-state index in [1.807, 2.05) is 32.5 Å². The number of halogens is 2. The summed E-state index contributed by atoms with van der Waals surface area (Å²) in [7, 11) is 1.90. The Balaban J connectivity index is 2.06. The summed E-state index contributed by atoms with van der Waals surface area (Å²) >= 11 is 6.06. The third-order valence-corrected chi connectivity index (χ3v) is 4.75. The van der Waals surface area contributed by atoms with Gasteiger partial charge in [-0.15, -0.1) is 0 Å². The number of benzene rings is 1. The van der Waals surface area contributed by atoms with Crippen molar-refractivity contribution in [2.45, 2.75) is 40.2 Å². The van der Waals surface area contributed by atoms with Gasteiger partial charge < -0.3 is 4.90 Å². The first-order valence-corrected chi connectivity index (χ1v) is 8.42. The predicted molar refractivity (Wildman–Crippen MR) is 93.5 cm³/mol. The lowest BCUT2D eigenvalue weighted by Crippen LogP contribution is -2.31. The smallest absolute Gasteiger partial charge is 0.223 e. The van der Waals surface area contributed by atoms with Gasteiger partial charge >= 0.3 is 0 Å². The van der Waals surface area contributed by atoms with E-state index in [0.717, 1.165) is 17.0 Å². The third kappa shape index (κ3) is 3.96. The summed E-state index contributed by atoms with van der Waals surface area (Å²) in [4.78, 5) is 14.2. The molecule has 0 saturated heterocycles. The van der Waals surface area contributed by atoms with Crippen LogP contribution in [0.2, 0.25) is 5.02 Å². The van der Waals surface area contributed by atoms with Crippen molar-refractivity contribution in [2.75, 3.05) is 6.54 Å². The Morgan fingerprint density at radius 2 is 2.04 bits per heavy atom. The first-order chi connectivity index (χ1) is 11.3. The molecular formula is C18H23ClFN3O. The summed E-state index contributed by atoms with van der Waals surface area (Å²) in [5.74, 6) is -0.396. The quantitative estimate of drug-likeness (QED) is 0.793. The van der Waals surface area contributed by atoms with Crippen molar-refractivity contribution in [3.05, 3.63) is 51.6 Å². The third-order valence-electron chi connectivity index (χ3n) is 4.39. The van der Waals surface area contributed by atoms with Gasteiger partial charge in [0.05, 0.1) is 5.69 Å². The minimum absolute atomic E-state index is 0.0144. The highest BCUT2D eigenvalue weighted by atomic mass is 35.5. The van der Waals surface area contributed by atoms with Crippen molar-refractivity contribution in [1.29, 1.82) is 0 Å². The molecule has 0 radical (unpaired) electrons. The Hall–Kier alpha value is -1.88. The van der Waals surface area contributed by atoms with Gasteiger partial charge in [-0.05, 0) is 44.9 Å². The second-order valence-corrected chi connectivity index (χ2v) is 6.29. The van der Waals surface area contributed by atoms with Gasteiger partial charge in [0.25, 0.3) is 0 Å². The highest BCUT2D eigenvalue weighted by Gasteiger charge is 2.18. The summed E-state index contributed by atoms with van der Waals surface area (Å²) < 4.78 is 15.8. The van der Waals surface area contributed by atoms with E-state index in [4.69, 9.17) is 11.6 Å². The molecular weight excluding hydrogens is 329 g/mol. The van der Waals surface area contributed by atoms with Crippen LogP contribution < -0.4 is 0 Å². The maximum Gasteiger partial charge on any atom is 0.223 e. The Labute approximate surface area is 147 Å². The van der Waals surface area contributed by atoms with E-state index in [1.165, 1.54) is 6.07 Å². The number of hydrogen-bond donors (Lipinski definition) is 0. The van der Waals surface area contributed by atoms with Gasteiger partial charge in [-0.25, -0.2) is 4.39 Å². The molecule has 4 nitrogen and oxygen atoms in total. The van der Waals surface area contributed by atoms with Crippen LogP contribution in [0.3, 0.4) is 0 Å². The molecule has 0 atom stereocenters. The van der Waals surface area contributed by atoms with Gasteiger partial charge in [-0.1, -0.05) is 17.7 Å². The molecule has 1 heterocycles. The summed E-state index contributed by atoms with van der Waals surface area (Å²) in [6, 6.07) is 4.57. The normalized spacial score (nSPS) is 10.9. The lowest BCUT2D eigenvalue weighted by atomic mass is 10.1. The SMILES string of the molecule is CCN(Cc1c(F)cccc1Cl)C(=O)CCc1c(C)nn(C)c1C. The second-order valence-electron chi connectivity index (χ2n) is 5.88. The van der Waals surface area contributed by atoms with Crippen LogP contribution in [0.5, 0.6) is 0 Å². The first-order valence-electron chi connectivity index (χ1n) is 8.04. The first kappa shape index (κ1) is 18.5. The molecule has 2 rings (SSSR count). The summed E-state index contributed by atoms with van der Waals surface area (Å²) in [5, 5.41) is 4.72. The number of aromatic nitrogens is 2. The average Bonchev–Trinajstić information content (AvgIpc) is 2.77. The van der Waals surface area contributed by atoms with E-state index >= 15 is 0 Å². The number of aryl methyl sites for hydroxylation is 2. The lowest BCUT2D eigenvalue weighted by molar-refractivity contribution is -0.131. The standard InChI is InChI=1S/C18H23ClFN3O/c1-5-23(11-15-16(19)7-6-8-17(15)20)18(24)10-9-14-12(2)21-22(4)13(14)3/h6-8H,5,9-11H2,1-4H3.